The van der Waals surface area contributed by atoms with Crippen LogP contribution in [-0.4, -0.2) is 31.6 Å². The van der Waals surface area contributed by atoms with Crippen molar-refractivity contribution in [3.8, 4) is 0 Å². The maximum absolute atomic E-state index is 3.62. The summed E-state index contributed by atoms with van der Waals surface area (Å²) in [6.45, 7) is 8.19. The molecule has 1 aromatic carbocycles. The Morgan fingerprint density at radius 2 is 2.17 bits per heavy atom. The van der Waals surface area contributed by atoms with Crippen LogP contribution in [0.4, 0.5) is 5.69 Å². The van der Waals surface area contributed by atoms with Crippen molar-refractivity contribution in [1.29, 1.82) is 0 Å². The number of benzene rings is 1. The van der Waals surface area contributed by atoms with Gasteiger partial charge in [0.2, 0.25) is 0 Å². The third-order valence-electron chi connectivity index (χ3n) is 4.63. The van der Waals surface area contributed by atoms with Crippen molar-refractivity contribution in [3.05, 3.63) is 29.3 Å². The van der Waals surface area contributed by atoms with Gasteiger partial charge < -0.3 is 10.2 Å². The highest BCUT2D eigenvalue weighted by Gasteiger charge is 2.33. The van der Waals surface area contributed by atoms with Gasteiger partial charge in [0.05, 0.1) is 0 Å². The van der Waals surface area contributed by atoms with E-state index in [4.69, 9.17) is 0 Å². The van der Waals surface area contributed by atoms with Gasteiger partial charge in [0.25, 0.3) is 0 Å². The first kappa shape index (κ1) is 12.0. The second-order valence-electron chi connectivity index (χ2n) is 6.30. The SMILES string of the molecule is CC(C)c1ccc2c(c1)C1CCN(C)CC1CN2. The molecule has 1 fully saturated rings. The monoisotopic (exact) mass is 244 g/mol. The number of nitrogens with one attached hydrogen (secondary N) is 1. The van der Waals surface area contributed by atoms with Gasteiger partial charge in [-0.1, -0.05) is 26.0 Å². The Kier molecular flexibility index (Phi) is 3.06. The van der Waals surface area contributed by atoms with E-state index in [0.29, 0.717) is 5.92 Å². The van der Waals surface area contributed by atoms with Crippen LogP contribution in [0.15, 0.2) is 18.2 Å². The van der Waals surface area contributed by atoms with Crippen molar-refractivity contribution in [3.63, 3.8) is 0 Å². The normalized spacial score (nSPS) is 27.6. The van der Waals surface area contributed by atoms with Gasteiger partial charge in [-0.3, -0.25) is 0 Å². The molecule has 1 saturated heterocycles. The Balaban J connectivity index is 1.94. The van der Waals surface area contributed by atoms with E-state index in [0.717, 1.165) is 18.4 Å². The first-order chi connectivity index (χ1) is 8.65. The molecule has 2 aliphatic heterocycles. The molecule has 0 radical (unpaired) electrons. The minimum absolute atomic E-state index is 0.627. The number of fused-ring (bicyclic) bond motifs is 3. The van der Waals surface area contributed by atoms with Gasteiger partial charge in [-0.25, -0.2) is 0 Å². The summed E-state index contributed by atoms with van der Waals surface area (Å²) in [5, 5.41) is 3.62. The van der Waals surface area contributed by atoms with Gasteiger partial charge >= 0.3 is 0 Å². The first-order valence-electron chi connectivity index (χ1n) is 7.21. The van der Waals surface area contributed by atoms with Crippen LogP contribution in [0.2, 0.25) is 0 Å². The molecule has 0 saturated carbocycles. The summed E-state index contributed by atoms with van der Waals surface area (Å²) in [5.74, 6) is 2.19. The molecule has 1 aromatic rings. The van der Waals surface area contributed by atoms with Crippen LogP contribution in [-0.2, 0) is 0 Å². The van der Waals surface area contributed by atoms with Gasteiger partial charge in [-0.2, -0.15) is 0 Å². The number of likely N-dealkylation sites (tertiary alicyclic amines) is 1. The lowest BCUT2D eigenvalue weighted by atomic mass is 9.76. The molecule has 0 bridgehead atoms. The molecule has 2 atom stereocenters. The fourth-order valence-electron chi connectivity index (χ4n) is 3.48. The van der Waals surface area contributed by atoms with Crippen molar-refractivity contribution < 1.29 is 0 Å². The number of hydrogen-bond donors (Lipinski definition) is 1. The van der Waals surface area contributed by atoms with Crippen LogP contribution in [0, 0.1) is 5.92 Å². The minimum Gasteiger partial charge on any atom is -0.384 e. The Morgan fingerprint density at radius 3 is 2.94 bits per heavy atom. The predicted octanol–water partition coefficient (Wildman–Crippen LogP) is 3.27. The molecule has 1 N–H and O–H groups in total. The average molecular weight is 244 g/mol. The topological polar surface area (TPSA) is 15.3 Å². The number of piperidine rings is 1. The van der Waals surface area contributed by atoms with Crippen LogP contribution < -0.4 is 5.32 Å². The van der Waals surface area contributed by atoms with Crippen molar-refractivity contribution in [1.82, 2.24) is 4.90 Å². The lowest BCUT2D eigenvalue weighted by molar-refractivity contribution is 0.187. The molecule has 0 amide bonds. The molecule has 0 aromatic heterocycles. The molecule has 2 heteroatoms. The van der Waals surface area contributed by atoms with E-state index in [2.05, 4.69) is 49.3 Å². The van der Waals surface area contributed by atoms with E-state index < -0.39 is 0 Å². The summed E-state index contributed by atoms with van der Waals surface area (Å²) in [6.07, 6.45) is 1.32. The largest absolute Gasteiger partial charge is 0.384 e. The molecule has 3 rings (SSSR count). The number of rotatable bonds is 1. The highest BCUT2D eigenvalue weighted by Crippen LogP contribution is 2.41. The van der Waals surface area contributed by atoms with Crippen LogP contribution in [0.5, 0.6) is 0 Å². The van der Waals surface area contributed by atoms with Gasteiger partial charge in [-0.05, 0) is 55.0 Å². The van der Waals surface area contributed by atoms with Gasteiger partial charge in [-0.15, -0.1) is 0 Å². The lowest BCUT2D eigenvalue weighted by Gasteiger charge is -2.41. The maximum atomic E-state index is 3.62. The van der Waals surface area contributed by atoms with E-state index >= 15 is 0 Å². The maximum Gasteiger partial charge on any atom is 0.0376 e. The van der Waals surface area contributed by atoms with Gasteiger partial charge in [0, 0.05) is 18.8 Å². The van der Waals surface area contributed by atoms with Crippen molar-refractivity contribution in [2.45, 2.75) is 32.1 Å². The van der Waals surface area contributed by atoms with Crippen LogP contribution in [0.25, 0.3) is 0 Å². The molecule has 2 aliphatic rings. The summed E-state index contributed by atoms with van der Waals surface area (Å²) >= 11 is 0. The number of nitrogens with zero attached hydrogens (tertiary/aromatic N) is 1. The average Bonchev–Trinajstić information content (AvgIpc) is 2.37. The fourth-order valence-corrected chi connectivity index (χ4v) is 3.48. The lowest BCUT2D eigenvalue weighted by Crippen LogP contribution is -2.42. The Bertz CT molecular complexity index is 439. The molecular weight excluding hydrogens is 220 g/mol. The van der Waals surface area contributed by atoms with Crippen LogP contribution >= 0.6 is 0 Å². The van der Waals surface area contributed by atoms with Crippen LogP contribution in [0.3, 0.4) is 0 Å². The molecule has 2 unspecified atom stereocenters. The van der Waals surface area contributed by atoms with E-state index in [1.807, 2.05) is 0 Å². The fraction of sp³-hybridized carbons (Fsp3) is 0.625. The van der Waals surface area contributed by atoms with Crippen LogP contribution in [0.1, 0.15) is 43.2 Å². The van der Waals surface area contributed by atoms with E-state index in [1.165, 1.54) is 30.8 Å². The minimum atomic E-state index is 0.627. The standard InChI is InChI=1S/C16H24N2/c1-11(2)12-4-5-16-15(8-12)14-6-7-18(3)10-13(14)9-17-16/h4-5,8,11,13-14,17H,6-7,9-10H2,1-3H3. The molecule has 0 aliphatic carbocycles. The molecule has 18 heavy (non-hydrogen) atoms. The summed E-state index contributed by atoms with van der Waals surface area (Å²) in [6, 6.07) is 7.03. The smallest absolute Gasteiger partial charge is 0.0376 e. The summed E-state index contributed by atoms with van der Waals surface area (Å²) in [5.41, 5.74) is 4.44. The number of anilines is 1. The Labute approximate surface area is 110 Å². The zero-order chi connectivity index (χ0) is 12.7. The predicted molar refractivity (Wildman–Crippen MR) is 77.4 cm³/mol. The second kappa shape index (κ2) is 4.58. The first-order valence-corrected chi connectivity index (χ1v) is 7.21. The summed E-state index contributed by atoms with van der Waals surface area (Å²) in [7, 11) is 2.25. The Morgan fingerprint density at radius 1 is 1.33 bits per heavy atom. The van der Waals surface area contributed by atoms with Crippen molar-refractivity contribution in [2.75, 3.05) is 32.0 Å². The zero-order valence-electron chi connectivity index (χ0n) is 11.7. The zero-order valence-corrected chi connectivity index (χ0v) is 11.7. The van der Waals surface area contributed by atoms with E-state index in [1.54, 1.807) is 5.56 Å². The van der Waals surface area contributed by atoms with Crippen molar-refractivity contribution in [2.24, 2.45) is 5.92 Å². The van der Waals surface area contributed by atoms with Gasteiger partial charge in [0.15, 0.2) is 0 Å². The second-order valence-corrected chi connectivity index (χ2v) is 6.30. The highest BCUT2D eigenvalue weighted by molar-refractivity contribution is 5.57. The van der Waals surface area contributed by atoms with E-state index in [9.17, 15) is 0 Å². The molecular formula is C16H24N2. The summed E-state index contributed by atoms with van der Waals surface area (Å²) < 4.78 is 0. The molecule has 2 nitrogen and oxygen atoms in total. The summed E-state index contributed by atoms with van der Waals surface area (Å²) in [4.78, 5) is 2.47. The third kappa shape index (κ3) is 2.03. The number of hydrogen-bond acceptors (Lipinski definition) is 2. The Hall–Kier alpha value is -1.02. The molecule has 0 spiro atoms. The van der Waals surface area contributed by atoms with Crippen molar-refractivity contribution >= 4 is 5.69 Å². The van der Waals surface area contributed by atoms with Gasteiger partial charge in [0.1, 0.15) is 0 Å². The van der Waals surface area contributed by atoms with E-state index in [-0.39, 0.29) is 0 Å². The third-order valence-corrected chi connectivity index (χ3v) is 4.63. The molecule has 2 heterocycles. The highest BCUT2D eigenvalue weighted by atomic mass is 15.1. The quantitative estimate of drug-likeness (QED) is 0.815. The molecule has 98 valence electrons.